The van der Waals surface area contributed by atoms with Crippen LogP contribution in [-0.4, -0.2) is 39.4 Å². The molecule has 176 valence electrons. The van der Waals surface area contributed by atoms with E-state index in [-0.39, 0.29) is 35.6 Å². The van der Waals surface area contributed by atoms with Crippen LogP contribution >= 0.6 is 11.6 Å². The van der Waals surface area contributed by atoms with Crippen molar-refractivity contribution in [2.45, 2.75) is 31.5 Å². The second-order valence-electron chi connectivity index (χ2n) is 9.49. The SMILES string of the molecule is Cc1cc(O)c([C@@H]2C3=C(N[C@@H](C)CN4C(=O)c5ccccc5[C@@]24O)c2ccccc2C3=O)cc1Cl. The average Bonchev–Trinajstić information content (AvgIpc) is 3.21. The number of nitrogens with one attached hydrogen (secondary N) is 1. The smallest absolute Gasteiger partial charge is 0.256 e. The number of Topliss-reactive ketones (excluding diaryl/α,β-unsaturated/α-hetero) is 1. The number of phenols is 1. The first-order valence-corrected chi connectivity index (χ1v) is 11.9. The standard InChI is InChI=1S/C28H23ClN2O4/c1-14-11-22(32)19(12-21(14)29)24-23-25(16-7-3-4-8-17(16)26(23)33)30-15(2)13-31-27(34)18-9-5-6-10-20(18)28(24,31)35/h3-12,15,24,30,32,35H,13H2,1-2H3/t15-,24+,28+/m0/s1. The molecule has 3 aliphatic rings. The molecule has 3 N–H and O–H groups in total. The Balaban J connectivity index is 1.73. The van der Waals surface area contributed by atoms with Crippen molar-refractivity contribution in [1.82, 2.24) is 10.2 Å². The molecule has 7 heteroatoms. The van der Waals surface area contributed by atoms with Crippen LogP contribution in [0, 0.1) is 6.92 Å². The molecule has 2 aliphatic heterocycles. The highest BCUT2D eigenvalue weighted by atomic mass is 35.5. The number of nitrogens with zero attached hydrogens (tertiary/aromatic N) is 1. The van der Waals surface area contributed by atoms with Gasteiger partial charge < -0.3 is 20.4 Å². The number of benzene rings is 3. The van der Waals surface area contributed by atoms with Crippen LogP contribution in [0.2, 0.25) is 5.02 Å². The van der Waals surface area contributed by atoms with Crippen molar-refractivity contribution in [1.29, 1.82) is 0 Å². The van der Waals surface area contributed by atoms with E-state index in [1.54, 1.807) is 49.4 Å². The first kappa shape index (κ1) is 21.9. The van der Waals surface area contributed by atoms with Gasteiger partial charge in [-0.2, -0.15) is 0 Å². The minimum absolute atomic E-state index is 0.105. The van der Waals surface area contributed by atoms with Gasteiger partial charge >= 0.3 is 0 Å². The molecule has 0 radical (unpaired) electrons. The Bertz CT molecular complexity index is 1480. The third kappa shape index (κ3) is 2.87. The molecular weight excluding hydrogens is 464 g/mol. The van der Waals surface area contributed by atoms with Crippen LogP contribution in [0.5, 0.6) is 5.75 Å². The van der Waals surface area contributed by atoms with E-state index in [1.165, 1.54) is 11.0 Å². The molecule has 3 aromatic rings. The number of hydrogen-bond donors (Lipinski definition) is 3. The lowest BCUT2D eigenvalue weighted by Gasteiger charge is -2.44. The second kappa shape index (κ2) is 7.44. The molecule has 0 saturated heterocycles. The molecule has 0 fully saturated rings. The van der Waals surface area contributed by atoms with E-state index in [2.05, 4.69) is 5.32 Å². The molecule has 0 saturated carbocycles. The number of amides is 1. The summed E-state index contributed by atoms with van der Waals surface area (Å²) in [6.07, 6.45) is 0. The van der Waals surface area contributed by atoms with Crippen LogP contribution in [0.4, 0.5) is 0 Å². The normalized spacial score (nSPS) is 24.9. The molecule has 2 heterocycles. The van der Waals surface area contributed by atoms with Crippen molar-refractivity contribution in [2.75, 3.05) is 6.54 Å². The van der Waals surface area contributed by atoms with Gasteiger partial charge in [0.25, 0.3) is 5.91 Å². The first-order valence-electron chi connectivity index (χ1n) is 11.5. The van der Waals surface area contributed by atoms with E-state index >= 15 is 0 Å². The summed E-state index contributed by atoms with van der Waals surface area (Å²) >= 11 is 6.50. The molecule has 3 aromatic carbocycles. The number of fused-ring (bicyclic) bond motifs is 5. The fourth-order valence-corrected chi connectivity index (χ4v) is 5.93. The largest absolute Gasteiger partial charge is 0.508 e. The van der Waals surface area contributed by atoms with Gasteiger partial charge in [0.1, 0.15) is 5.75 Å². The summed E-state index contributed by atoms with van der Waals surface area (Å²) in [5, 5.41) is 27.6. The monoisotopic (exact) mass is 486 g/mol. The molecule has 6 rings (SSSR count). The summed E-state index contributed by atoms with van der Waals surface area (Å²) in [5.74, 6) is -1.79. The van der Waals surface area contributed by atoms with Crippen molar-refractivity contribution >= 4 is 29.0 Å². The fraction of sp³-hybridized carbons (Fsp3) is 0.214. The van der Waals surface area contributed by atoms with Crippen LogP contribution < -0.4 is 5.32 Å². The third-order valence-electron chi connectivity index (χ3n) is 7.32. The number of halogens is 1. The topological polar surface area (TPSA) is 89.9 Å². The molecule has 1 aliphatic carbocycles. The summed E-state index contributed by atoms with van der Waals surface area (Å²) in [7, 11) is 0. The molecule has 0 bridgehead atoms. The van der Waals surface area contributed by atoms with Gasteiger partial charge in [-0.15, -0.1) is 0 Å². The maximum absolute atomic E-state index is 13.9. The lowest BCUT2D eigenvalue weighted by Crippen LogP contribution is -2.54. The maximum Gasteiger partial charge on any atom is 0.256 e. The zero-order chi connectivity index (χ0) is 24.6. The van der Waals surface area contributed by atoms with Crippen LogP contribution in [0.15, 0.2) is 66.2 Å². The fourth-order valence-electron chi connectivity index (χ4n) is 5.76. The highest BCUT2D eigenvalue weighted by Gasteiger charge is 2.58. The van der Waals surface area contributed by atoms with E-state index in [4.69, 9.17) is 11.6 Å². The van der Waals surface area contributed by atoms with E-state index in [0.717, 1.165) is 5.56 Å². The minimum Gasteiger partial charge on any atom is -0.508 e. The Morgan fingerprint density at radius 2 is 1.69 bits per heavy atom. The van der Waals surface area contributed by atoms with Crippen LogP contribution in [-0.2, 0) is 5.72 Å². The van der Waals surface area contributed by atoms with Gasteiger partial charge in [0.15, 0.2) is 11.5 Å². The van der Waals surface area contributed by atoms with E-state index in [0.29, 0.717) is 38.5 Å². The number of phenolic OH excluding ortho intramolecular Hbond substituents is 1. The third-order valence-corrected chi connectivity index (χ3v) is 7.73. The average molecular weight is 487 g/mol. The minimum atomic E-state index is -1.92. The first-order chi connectivity index (χ1) is 16.7. The number of carbonyl (C=O) groups is 2. The number of hydrogen-bond acceptors (Lipinski definition) is 5. The van der Waals surface area contributed by atoms with Crippen molar-refractivity contribution in [3.8, 4) is 5.75 Å². The number of carbonyl (C=O) groups excluding carboxylic acids is 2. The number of rotatable bonds is 1. The Labute approximate surface area is 207 Å². The Kier molecular flexibility index (Phi) is 4.66. The zero-order valence-electron chi connectivity index (χ0n) is 19.2. The van der Waals surface area contributed by atoms with Crippen molar-refractivity contribution in [2.24, 2.45) is 0 Å². The predicted octanol–water partition coefficient (Wildman–Crippen LogP) is 4.34. The van der Waals surface area contributed by atoms with Gasteiger partial charge in [0, 0.05) is 51.0 Å². The number of aliphatic hydroxyl groups is 1. The number of aryl methyl sites for hydroxylation is 1. The van der Waals surface area contributed by atoms with Crippen molar-refractivity contribution < 1.29 is 19.8 Å². The van der Waals surface area contributed by atoms with Gasteiger partial charge in [0.2, 0.25) is 0 Å². The van der Waals surface area contributed by atoms with Crippen LogP contribution in [0.1, 0.15) is 55.8 Å². The Hall–Kier alpha value is -3.61. The van der Waals surface area contributed by atoms with E-state index in [9.17, 15) is 19.8 Å². The lowest BCUT2D eigenvalue weighted by atomic mass is 9.75. The van der Waals surface area contributed by atoms with Crippen LogP contribution in [0.25, 0.3) is 5.70 Å². The quantitative estimate of drug-likeness (QED) is 0.476. The van der Waals surface area contributed by atoms with E-state index in [1.807, 2.05) is 19.1 Å². The molecule has 0 aromatic heterocycles. The molecular formula is C28H23ClN2O4. The number of ketones is 1. The maximum atomic E-state index is 13.9. The van der Waals surface area contributed by atoms with E-state index < -0.39 is 11.6 Å². The molecule has 6 nitrogen and oxygen atoms in total. The molecule has 35 heavy (non-hydrogen) atoms. The highest BCUT2D eigenvalue weighted by Crippen LogP contribution is 2.55. The lowest BCUT2D eigenvalue weighted by molar-refractivity contribution is -0.100. The van der Waals surface area contributed by atoms with Gasteiger partial charge in [-0.05, 0) is 37.6 Å². The van der Waals surface area contributed by atoms with Crippen molar-refractivity contribution in [3.63, 3.8) is 0 Å². The van der Waals surface area contributed by atoms with Crippen LogP contribution in [0.3, 0.4) is 0 Å². The number of aromatic hydroxyl groups is 1. The summed E-state index contributed by atoms with van der Waals surface area (Å²) < 4.78 is 0. The summed E-state index contributed by atoms with van der Waals surface area (Å²) in [4.78, 5) is 28.9. The summed E-state index contributed by atoms with van der Waals surface area (Å²) in [5.41, 5.74) is 1.93. The van der Waals surface area contributed by atoms with Gasteiger partial charge in [-0.25, -0.2) is 0 Å². The van der Waals surface area contributed by atoms with Gasteiger partial charge in [0.05, 0.1) is 11.6 Å². The second-order valence-corrected chi connectivity index (χ2v) is 9.90. The molecule has 0 spiro atoms. The van der Waals surface area contributed by atoms with Gasteiger partial charge in [-0.3, -0.25) is 9.59 Å². The highest BCUT2D eigenvalue weighted by molar-refractivity contribution is 6.31. The predicted molar refractivity (Wildman–Crippen MR) is 132 cm³/mol. The van der Waals surface area contributed by atoms with Crippen molar-refractivity contribution in [3.05, 3.63) is 105 Å². The molecule has 0 unspecified atom stereocenters. The summed E-state index contributed by atoms with van der Waals surface area (Å²) in [6.45, 7) is 3.87. The van der Waals surface area contributed by atoms with Gasteiger partial charge in [-0.1, -0.05) is 54.1 Å². The molecule has 3 atom stereocenters. The Morgan fingerprint density at radius 3 is 2.43 bits per heavy atom. The molecule has 1 amide bonds. The zero-order valence-corrected chi connectivity index (χ0v) is 19.9. The Morgan fingerprint density at radius 1 is 1.03 bits per heavy atom. The summed E-state index contributed by atoms with van der Waals surface area (Å²) in [6, 6.07) is 17.0.